The van der Waals surface area contributed by atoms with E-state index in [-0.39, 0.29) is 18.4 Å². The molecule has 2 nitrogen and oxygen atoms in total. The fourth-order valence-corrected chi connectivity index (χ4v) is 1.59. The molecule has 1 unspecified atom stereocenters. The summed E-state index contributed by atoms with van der Waals surface area (Å²) in [4.78, 5) is 0. The van der Waals surface area contributed by atoms with Crippen LogP contribution in [0, 0.1) is 5.82 Å². The van der Waals surface area contributed by atoms with Crippen LogP contribution in [0.25, 0.3) is 0 Å². The van der Waals surface area contributed by atoms with Crippen molar-refractivity contribution in [2.75, 3.05) is 6.61 Å². The molecule has 1 aromatic rings. The zero-order valence-electron chi connectivity index (χ0n) is 10.1. The lowest BCUT2D eigenvalue weighted by Crippen LogP contribution is -2.22. The first-order valence-electron chi connectivity index (χ1n) is 5.69. The molecule has 0 aromatic heterocycles. The van der Waals surface area contributed by atoms with Crippen molar-refractivity contribution in [2.45, 2.75) is 25.8 Å². The second kappa shape index (κ2) is 7.62. The third kappa shape index (κ3) is 4.48. The van der Waals surface area contributed by atoms with Crippen LogP contribution in [0.5, 0.6) is 5.75 Å². The van der Waals surface area contributed by atoms with E-state index in [0.29, 0.717) is 11.5 Å². The van der Waals surface area contributed by atoms with Crippen LogP contribution in [0.3, 0.4) is 0 Å². The zero-order valence-corrected chi connectivity index (χ0v) is 11.6. The minimum atomic E-state index is -0.421. The summed E-state index contributed by atoms with van der Waals surface area (Å²) >= 11 is 11.1. The van der Waals surface area contributed by atoms with Crippen LogP contribution in [-0.2, 0) is 6.42 Å². The smallest absolute Gasteiger partial charge is 0.165 e. The topological polar surface area (TPSA) is 35.2 Å². The molecular weight excluding hydrogens is 276 g/mol. The van der Waals surface area contributed by atoms with Gasteiger partial charge in [-0.3, -0.25) is 0 Å². The van der Waals surface area contributed by atoms with Crippen molar-refractivity contribution in [3.8, 4) is 5.75 Å². The van der Waals surface area contributed by atoms with Gasteiger partial charge in [0, 0.05) is 11.6 Å². The molecule has 0 aliphatic heterocycles. The summed E-state index contributed by atoms with van der Waals surface area (Å²) in [5, 5.41) is 0.311. The van der Waals surface area contributed by atoms with Crippen molar-refractivity contribution >= 4 is 23.2 Å². The molecular formula is C13H16Cl2FNO. The summed E-state index contributed by atoms with van der Waals surface area (Å²) in [6, 6.07) is 4.76. The monoisotopic (exact) mass is 291 g/mol. The Morgan fingerprint density at radius 1 is 1.56 bits per heavy atom. The first-order chi connectivity index (χ1) is 8.58. The number of nitrogens with two attached hydrogens (primary N) is 1. The zero-order chi connectivity index (χ0) is 13.5. The fourth-order valence-electron chi connectivity index (χ4n) is 1.48. The lowest BCUT2D eigenvalue weighted by Gasteiger charge is -2.14. The Hall–Kier alpha value is -0.770. The Kier molecular flexibility index (Phi) is 6.47. The van der Waals surface area contributed by atoms with Gasteiger partial charge in [-0.2, -0.15) is 0 Å². The summed E-state index contributed by atoms with van der Waals surface area (Å²) in [7, 11) is 0. The molecule has 0 bridgehead atoms. The maximum absolute atomic E-state index is 13.7. The standard InChI is InChI=1S/C13H16Cl2FNO/c1-2-11(17)6-9-4-3-5-12(16)13(9)18-8-10(15)7-14/h3-5,7,11H,2,6,8,17H2,1H3/b10-7-. The maximum atomic E-state index is 13.7. The molecule has 0 saturated heterocycles. The van der Waals surface area contributed by atoms with E-state index < -0.39 is 5.82 Å². The molecule has 0 heterocycles. The van der Waals surface area contributed by atoms with Crippen molar-refractivity contribution in [3.05, 3.63) is 40.1 Å². The number of halogens is 3. The van der Waals surface area contributed by atoms with Gasteiger partial charge in [0.15, 0.2) is 11.6 Å². The van der Waals surface area contributed by atoms with E-state index in [1.807, 2.05) is 6.92 Å². The number of benzene rings is 1. The number of hydrogen-bond acceptors (Lipinski definition) is 2. The largest absolute Gasteiger partial charge is 0.485 e. The quantitative estimate of drug-likeness (QED) is 0.865. The summed E-state index contributed by atoms with van der Waals surface area (Å²) in [6.07, 6.45) is 1.38. The van der Waals surface area contributed by atoms with Gasteiger partial charge in [0.05, 0.1) is 5.03 Å². The van der Waals surface area contributed by atoms with Gasteiger partial charge >= 0.3 is 0 Å². The average Bonchev–Trinajstić information content (AvgIpc) is 2.37. The molecule has 0 amide bonds. The molecule has 0 fully saturated rings. The normalized spacial score (nSPS) is 13.5. The number of rotatable bonds is 6. The van der Waals surface area contributed by atoms with E-state index in [4.69, 9.17) is 33.7 Å². The van der Waals surface area contributed by atoms with Crippen LogP contribution in [0.4, 0.5) is 4.39 Å². The van der Waals surface area contributed by atoms with Crippen molar-refractivity contribution in [1.82, 2.24) is 0 Å². The Labute approximate surface area is 117 Å². The molecule has 1 aromatic carbocycles. The van der Waals surface area contributed by atoms with Gasteiger partial charge in [-0.1, -0.05) is 42.3 Å². The van der Waals surface area contributed by atoms with E-state index in [0.717, 1.165) is 12.0 Å². The van der Waals surface area contributed by atoms with E-state index >= 15 is 0 Å². The Morgan fingerprint density at radius 3 is 2.89 bits per heavy atom. The highest BCUT2D eigenvalue weighted by atomic mass is 35.5. The van der Waals surface area contributed by atoms with Crippen LogP contribution in [-0.4, -0.2) is 12.6 Å². The van der Waals surface area contributed by atoms with Crippen LogP contribution >= 0.6 is 23.2 Å². The van der Waals surface area contributed by atoms with Gasteiger partial charge in [-0.25, -0.2) is 4.39 Å². The van der Waals surface area contributed by atoms with Crippen LogP contribution < -0.4 is 10.5 Å². The lowest BCUT2D eigenvalue weighted by atomic mass is 10.0. The molecule has 0 spiro atoms. The highest BCUT2D eigenvalue weighted by molar-refractivity contribution is 6.36. The minimum absolute atomic E-state index is 0.0202. The molecule has 0 saturated carbocycles. The van der Waals surface area contributed by atoms with Gasteiger partial charge in [0.25, 0.3) is 0 Å². The molecule has 2 N–H and O–H groups in total. The molecule has 100 valence electrons. The summed E-state index contributed by atoms with van der Waals surface area (Å²) in [6.45, 7) is 2.03. The summed E-state index contributed by atoms with van der Waals surface area (Å²) < 4.78 is 19.0. The molecule has 18 heavy (non-hydrogen) atoms. The van der Waals surface area contributed by atoms with E-state index in [1.165, 1.54) is 11.6 Å². The van der Waals surface area contributed by atoms with Crippen molar-refractivity contribution < 1.29 is 9.13 Å². The molecule has 0 radical (unpaired) electrons. The van der Waals surface area contributed by atoms with E-state index in [9.17, 15) is 4.39 Å². The number of ether oxygens (including phenoxy) is 1. The Morgan fingerprint density at radius 2 is 2.28 bits per heavy atom. The first kappa shape index (κ1) is 15.3. The number of para-hydroxylation sites is 1. The van der Waals surface area contributed by atoms with E-state index in [1.54, 1.807) is 12.1 Å². The van der Waals surface area contributed by atoms with Gasteiger partial charge in [0.2, 0.25) is 0 Å². The molecule has 0 aliphatic carbocycles. The van der Waals surface area contributed by atoms with Gasteiger partial charge in [-0.15, -0.1) is 0 Å². The molecule has 5 heteroatoms. The SMILES string of the molecule is CCC(N)Cc1cccc(F)c1OC/C(Cl)=C/Cl. The number of hydrogen-bond donors (Lipinski definition) is 1. The maximum Gasteiger partial charge on any atom is 0.165 e. The second-order valence-electron chi connectivity index (χ2n) is 3.95. The van der Waals surface area contributed by atoms with Crippen LogP contribution in [0.1, 0.15) is 18.9 Å². The third-order valence-corrected chi connectivity index (χ3v) is 3.12. The van der Waals surface area contributed by atoms with Crippen molar-refractivity contribution in [3.63, 3.8) is 0 Å². The lowest BCUT2D eigenvalue weighted by molar-refractivity contribution is 0.333. The highest BCUT2D eigenvalue weighted by Crippen LogP contribution is 2.25. The van der Waals surface area contributed by atoms with Crippen molar-refractivity contribution in [1.29, 1.82) is 0 Å². The van der Waals surface area contributed by atoms with Gasteiger partial charge in [-0.05, 0) is 24.5 Å². The molecule has 0 aliphatic rings. The first-order valence-corrected chi connectivity index (χ1v) is 6.50. The van der Waals surface area contributed by atoms with Crippen molar-refractivity contribution in [2.24, 2.45) is 5.73 Å². The van der Waals surface area contributed by atoms with Gasteiger partial charge in [0.1, 0.15) is 6.61 Å². The van der Waals surface area contributed by atoms with Gasteiger partial charge < -0.3 is 10.5 Å². The van der Waals surface area contributed by atoms with E-state index in [2.05, 4.69) is 0 Å². The Bertz CT molecular complexity index is 423. The minimum Gasteiger partial charge on any atom is -0.485 e. The Balaban J connectivity index is 2.86. The average molecular weight is 292 g/mol. The molecule has 1 atom stereocenters. The summed E-state index contributed by atoms with van der Waals surface area (Å²) in [5.41, 5.74) is 7.80. The fraction of sp³-hybridized carbons (Fsp3) is 0.385. The predicted octanol–water partition coefficient (Wildman–Crippen LogP) is 3.80. The predicted molar refractivity (Wildman–Crippen MR) is 73.7 cm³/mol. The molecule has 1 rings (SSSR count). The van der Waals surface area contributed by atoms with Crippen LogP contribution in [0.15, 0.2) is 28.8 Å². The van der Waals surface area contributed by atoms with Crippen LogP contribution in [0.2, 0.25) is 0 Å². The second-order valence-corrected chi connectivity index (χ2v) is 4.65. The highest BCUT2D eigenvalue weighted by Gasteiger charge is 2.12. The third-order valence-electron chi connectivity index (χ3n) is 2.53. The summed E-state index contributed by atoms with van der Waals surface area (Å²) in [5.74, 6) is -0.229.